The number of sulfonamides is 1. The van der Waals surface area contributed by atoms with Gasteiger partial charge < -0.3 is 5.32 Å². The molecule has 0 saturated heterocycles. The summed E-state index contributed by atoms with van der Waals surface area (Å²) in [4.78, 5) is 13.7. The highest BCUT2D eigenvalue weighted by Crippen LogP contribution is 2.21. The van der Waals surface area contributed by atoms with E-state index in [2.05, 4.69) is 10.0 Å². The lowest BCUT2D eigenvalue weighted by Crippen LogP contribution is -2.39. The molecule has 0 bridgehead atoms. The van der Waals surface area contributed by atoms with Crippen LogP contribution in [0.3, 0.4) is 0 Å². The standard InChI is InChI=1S/C17H16N2O3S3/c20-17(18-12-14-8-4-10-23-14)16(13-6-2-1-3-7-13)19-25(21,22)15-9-5-11-24-15/h1-11,16,19H,12H2,(H,18,20). The van der Waals surface area contributed by atoms with Crippen molar-refractivity contribution in [1.82, 2.24) is 10.0 Å². The summed E-state index contributed by atoms with van der Waals surface area (Å²) in [6.07, 6.45) is 0. The zero-order valence-electron chi connectivity index (χ0n) is 13.1. The smallest absolute Gasteiger partial charge is 0.251 e. The maximum absolute atomic E-state index is 12.7. The molecule has 1 aromatic carbocycles. The van der Waals surface area contributed by atoms with Gasteiger partial charge in [-0.25, -0.2) is 8.42 Å². The second kappa shape index (κ2) is 7.92. The zero-order valence-corrected chi connectivity index (χ0v) is 15.5. The number of carbonyl (C=O) groups excluding carboxylic acids is 1. The highest BCUT2D eigenvalue weighted by molar-refractivity contribution is 7.91. The first-order valence-corrected chi connectivity index (χ1v) is 10.7. The molecule has 0 aliphatic rings. The molecule has 0 fully saturated rings. The minimum Gasteiger partial charge on any atom is -0.350 e. The van der Waals surface area contributed by atoms with Gasteiger partial charge in [-0.05, 0) is 28.5 Å². The minimum atomic E-state index is -3.77. The van der Waals surface area contributed by atoms with E-state index in [0.717, 1.165) is 16.2 Å². The molecule has 0 radical (unpaired) electrons. The largest absolute Gasteiger partial charge is 0.350 e. The molecule has 2 N–H and O–H groups in total. The van der Waals surface area contributed by atoms with Crippen molar-refractivity contribution in [3.63, 3.8) is 0 Å². The summed E-state index contributed by atoms with van der Waals surface area (Å²) in [7, 11) is -3.77. The Morgan fingerprint density at radius 2 is 1.68 bits per heavy atom. The van der Waals surface area contributed by atoms with E-state index in [1.807, 2.05) is 23.6 Å². The van der Waals surface area contributed by atoms with Gasteiger partial charge in [0, 0.05) is 4.88 Å². The van der Waals surface area contributed by atoms with E-state index in [-0.39, 0.29) is 10.1 Å². The van der Waals surface area contributed by atoms with Crippen LogP contribution < -0.4 is 10.0 Å². The van der Waals surface area contributed by atoms with Gasteiger partial charge in [0.2, 0.25) is 5.91 Å². The van der Waals surface area contributed by atoms with Gasteiger partial charge in [-0.2, -0.15) is 4.72 Å². The Balaban J connectivity index is 1.81. The van der Waals surface area contributed by atoms with Crippen molar-refractivity contribution in [2.75, 3.05) is 0 Å². The Bertz CT molecular complexity index is 905. The molecule has 1 amide bonds. The molecule has 0 saturated carbocycles. The van der Waals surface area contributed by atoms with Crippen LogP contribution in [0.5, 0.6) is 0 Å². The number of carbonyl (C=O) groups is 1. The van der Waals surface area contributed by atoms with Gasteiger partial charge >= 0.3 is 0 Å². The van der Waals surface area contributed by atoms with Crippen LogP contribution in [0.15, 0.2) is 69.6 Å². The van der Waals surface area contributed by atoms with E-state index in [4.69, 9.17) is 0 Å². The van der Waals surface area contributed by atoms with Gasteiger partial charge in [0.15, 0.2) is 0 Å². The Morgan fingerprint density at radius 1 is 0.960 bits per heavy atom. The summed E-state index contributed by atoms with van der Waals surface area (Å²) in [6, 6.07) is 14.8. The van der Waals surface area contributed by atoms with Crippen LogP contribution in [0.25, 0.3) is 0 Å². The topological polar surface area (TPSA) is 75.3 Å². The summed E-state index contributed by atoms with van der Waals surface area (Å²) >= 11 is 2.64. The van der Waals surface area contributed by atoms with E-state index in [0.29, 0.717) is 12.1 Å². The first-order valence-electron chi connectivity index (χ1n) is 7.47. The summed E-state index contributed by atoms with van der Waals surface area (Å²) in [5.41, 5.74) is 0.589. The summed E-state index contributed by atoms with van der Waals surface area (Å²) in [6.45, 7) is 0.362. The molecule has 0 aliphatic carbocycles. The van der Waals surface area contributed by atoms with Gasteiger partial charge in [-0.1, -0.05) is 42.5 Å². The second-order valence-corrected chi connectivity index (χ2v) is 9.11. The van der Waals surface area contributed by atoms with Crippen LogP contribution >= 0.6 is 22.7 Å². The quantitative estimate of drug-likeness (QED) is 0.649. The van der Waals surface area contributed by atoms with Crippen molar-refractivity contribution in [1.29, 1.82) is 0 Å². The molecule has 0 spiro atoms. The monoisotopic (exact) mass is 392 g/mol. The van der Waals surface area contributed by atoms with Gasteiger partial charge in [0.1, 0.15) is 10.3 Å². The predicted octanol–water partition coefficient (Wildman–Crippen LogP) is 3.15. The van der Waals surface area contributed by atoms with Crippen LogP contribution in [-0.4, -0.2) is 14.3 Å². The Kier molecular flexibility index (Phi) is 5.64. The first kappa shape index (κ1) is 17.8. The molecular weight excluding hydrogens is 376 g/mol. The van der Waals surface area contributed by atoms with E-state index in [1.54, 1.807) is 35.7 Å². The Morgan fingerprint density at radius 3 is 2.32 bits per heavy atom. The van der Waals surface area contributed by atoms with Crippen LogP contribution in [0, 0.1) is 0 Å². The van der Waals surface area contributed by atoms with Crippen molar-refractivity contribution in [3.05, 3.63) is 75.8 Å². The van der Waals surface area contributed by atoms with Crippen molar-refractivity contribution >= 4 is 38.6 Å². The van der Waals surface area contributed by atoms with Crippen LogP contribution in [-0.2, 0) is 21.4 Å². The van der Waals surface area contributed by atoms with Gasteiger partial charge in [-0.3, -0.25) is 4.79 Å². The molecule has 1 atom stereocenters. The molecule has 3 rings (SSSR count). The van der Waals surface area contributed by atoms with Crippen LogP contribution in [0.2, 0.25) is 0 Å². The lowest BCUT2D eigenvalue weighted by atomic mass is 10.1. The van der Waals surface area contributed by atoms with Crippen molar-refractivity contribution in [2.45, 2.75) is 16.8 Å². The number of thiophene rings is 2. The second-order valence-electron chi connectivity index (χ2n) is 5.19. The molecule has 1 unspecified atom stereocenters. The third-order valence-electron chi connectivity index (χ3n) is 3.44. The van der Waals surface area contributed by atoms with Gasteiger partial charge in [-0.15, -0.1) is 22.7 Å². The fourth-order valence-electron chi connectivity index (χ4n) is 2.24. The molecule has 3 aromatic rings. The summed E-state index contributed by atoms with van der Waals surface area (Å²) < 4.78 is 27.8. The molecule has 25 heavy (non-hydrogen) atoms. The van der Waals surface area contributed by atoms with E-state index < -0.39 is 16.1 Å². The zero-order chi connectivity index (χ0) is 17.7. The molecule has 2 heterocycles. The lowest BCUT2D eigenvalue weighted by Gasteiger charge is -2.18. The minimum absolute atomic E-state index is 0.180. The number of hydrogen-bond donors (Lipinski definition) is 2. The maximum Gasteiger partial charge on any atom is 0.251 e. The normalized spacial score (nSPS) is 12.6. The van der Waals surface area contributed by atoms with E-state index in [9.17, 15) is 13.2 Å². The summed E-state index contributed by atoms with van der Waals surface area (Å²) in [5.74, 6) is -0.389. The van der Waals surface area contributed by atoms with Crippen LogP contribution in [0.4, 0.5) is 0 Å². The third-order valence-corrected chi connectivity index (χ3v) is 7.14. The lowest BCUT2D eigenvalue weighted by molar-refractivity contribution is -0.123. The Labute approximate surface area is 154 Å². The number of nitrogens with one attached hydrogen (secondary N) is 2. The number of rotatable bonds is 7. The van der Waals surface area contributed by atoms with Crippen molar-refractivity contribution in [3.8, 4) is 0 Å². The van der Waals surface area contributed by atoms with E-state index >= 15 is 0 Å². The SMILES string of the molecule is O=C(NCc1cccs1)C(NS(=O)(=O)c1cccs1)c1ccccc1. The number of benzene rings is 1. The molecular formula is C17H16N2O3S3. The predicted molar refractivity (Wildman–Crippen MR) is 100.0 cm³/mol. The van der Waals surface area contributed by atoms with E-state index in [1.165, 1.54) is 17.4 Å². The fourth-order valence-corrected chi connectivity index (χ4v) is 5.08. The van der Waals surface area contributed by atoms with Crippen LogP contribution in [0.1, 0.15) is 16.5 Å². The molecule has 130 valence electrons. The highest BCUT2D eigenvalue weighted by Gasteiger charge is 2.27. The van der Waals surface area contributed by atoms with Gasteiger partial charge in [0.05, 0.1) is 6.54 Å². The van der Waals surface area contributed by atoms with Gasteiger partial charge in [0.25, 0.3) is 10.0 Å². The summed E-state index contributed by atoms with van der Waals surface area (Å²) in [5, 5.41) is 6.41. The van der Waals surface area contributed by atoms with Crippen molar-refractivity contribution in [2.24, 2.45) is 0 Å². The average Bonchev–Trinajstić information content (AvgIpc) is 3.32. The first-order chi connectivity index (χ1) is 12.1. The highest BCUT2D eigenvalue weighted by atomic mass is 32.2. The Hall–Kier alpha value is -2.00. The fraction of sp³-hybridized carbons (Fsp3) is 0.118. The molecule has 5 nitrogen and oxygen atoms in total. The molecule has 0 aliphatic heterocycles. The maximum atomic E-state index is 12.7. The molecule has 2 aromatic heterocycles. The third kappa shape index (κ3) is 4.55. The average molecular weight is 393 g/mol. The molecule has 8 heteroatoms. The van der Waals surface area contributed by atoms with Crippen molar-refractivity contribution < 1.29 is 13.2 Å². The number of hydrogen-bond acceptors (Lipinski definition) is 5. The number of amides is 1.